The Morgan fingerprint density at radius 1 is 1.39 bits per heavy atom. The topological polar surface area (TPSA) is 47.7 Å². The van der Waals surface area contributed by atoms with Crippen LogP contribution in [0.1, 0.15) is 12.0 Å². The Hall–Kier alpha value is -1.26. The van der Waals surface area contributed by atoms with E-state index in [2.05, 4.69) is 18.0 Å². The summed E-state index contributed by atoms with van der Waals surface area (Å²) in [5.74, 6) is 1.71. The van der Waals surface area contributed by atoms with Gasteiger partial charge in [-0.1, -0.05) is 12.1 Å². The maximum atomic E-state index is 6.06. The van der Waals surface area contributed by atoms with Gasteiger partial charge in [0, 0.05) is 13.1 Å². The Labute approximate surface area is 109 Å². The smallest absolute Gasteiger partial charge is 0.164 e. The van der Waals surface area contributed by atoms with E-state index in [1.165, 1.54) is 5.56 Å². The second-order valence-electron chi connectivity index (χ2n) is 4.80. The zero-order chi connectivity index (χ0) is 13.0. The first-order valence-electron chi connectivity index (χ1n) is 6.45. The molecule has 1 fully saturated rings. The van der Waals surface area contributed by atoms with Crippen molar-refractivity contribution in [1.82, 2.24) is 4.90 Å². The van der Waals surface area contributed by atoms with Crippen LogP contribution >= 0.6 is 0 Å². The van der Waals surface area contributed by atoms with Gasteiger partial charge in [0.1, 0.15) is 6.10 Å². The van der Waals surface area contributed by atoms with Gasteiger partial charge >= 0.3 is 0 Å². The fourth-order valence-electron chi connectivity index (χ4n) is 2.23. The van der Waals surface area contributed by atoms with E-state index < -0.39 is 0 Å². The van der Waals surface area contributed by atoms with Crippen LogP contribution in [0.3, 0.4) is 0 Å². The number of aryl methyl sites for hydroxylation is 1. The fourth-order valence-corrected chi connectivity index (χ4v) is 2.23. The molecule has 0 aromatic heterocycles. The molecule has 4 heteroatoms. The third-order valence-electron chi connectivity index (χ3n) is 3.25. The highest BCUT2D eigenvalue weighted by Crippen LogP contribution is 2.33. The molecule has 0 aliphatic carbocycles. The molecule has 1 aromatic carbocycles. The maximum absolute atomic E-state index is 6.06. The minimum atomic E-state index is 0.280. The van der Waals surface area contributed by atoms with E-state index in [4.69, 9.17) is 15.2 Å². The third-order valence-corrected chi connectivity index (χ3v) is 3.25. The van der Waals surface area contributed by atoms with Crippen molar-refractivity contribution < 1.29 is 9.47 Å². The van der Waals surface area contributed by atoms with Gasteiger partial charge in [0.25, 0.3) is 0 Å². The molecule has 0 saturated carbocycles. The van der Waals surface area contributed by atoms with Crippen molar-refractivity contribution in [2.75, 3.05) is 33.8 Å². The number of rotatable bonds is 6. The molecule has 1 saturated heterocycles. The monoisotopic (exact) mass is 250 g/mol. The van der Waals surface area contributed by atoms with Crippen LogP contribution in [0.15, 0.2) is 18.2 Å². The van der Waals surface area contributed by atoms with E-state index in [1.54, 1.807) is 7.11 Å². The highest BCUT2D eigenvalue weighted by Gasteiger charge is 2.26. The maximum Gasteiger partial charge on any atom is 0.164 e. The van der Waals surface area contributed by atoms with Crippen molar-refractivity contribution in [2.24, 2.45) is 5.73 Å². The quantitative estimate of drug-likeness (QED) is 0.826. The lowest BCUT2D eigenvalue weighted by atomic mass is 10.1. The number of benzene rings is 1. The Morgan fingerprint density at radius 2 is 2.17 bits per heavy atom. The molecule has 4 nitrogen and oxygen atoms in total. The Morgan fingerprint density at radius 3 is 2.78 bits per heavy atom. The first kappa shape index (κ1) is 13.2. The van der Waals surface area contributed by atoms with Crippen molar-refractivity contribution in [3.05, 3.63) is 23.8 Å². The van der Waals surface area contributed by atoms with Crippen LogP contribution in [0.4, 0.5) is 0 Å². The molecule has 0 amide bonds. The Bertz CT molecular complexity index is 389. The van der Waals surface area contributed by atoms with Gasteiger partial charge in [0.05, 0.1) is 7.11 Å². The normalized spacial score (nSPS) is 16.4. The van der Waals surface area contributed by atoms with Crippen molar-refractivity contribution in [1.29, 1.82) is 0 Å². The lowest BCUT2D eigenvalue weighted by Gasteiger charge is -2.36. The molecular weight excluding hydrogens is 228 g/mol. The van der Waals surface area contributed by atoms with Gasteiger partial charge < -0.3 is 15.2 Å². The van der Waals surface area contributed by atoms with Crippen LogP contribution in [0.2, 0.25) is 0 Å². The van der Waals surface area contributed by atoms with Gasteiger partial charge in [0.15, 0.2) is 11.5 Å². The number of nitrogens with two attached hydrogens (primary N) is 1. The minimum Gasteiger partial charge on any atom is -0.493 e. The predicted octanol–water partition coefficient (Wildman–Crippen LogP) is 1.28. The van der Waals surface area contributed by atoms with Gasteiger partial charge in [-0.2, -0.15) is 0 Å². The number of methoxy groups -OCH3 is 1. The molecule has 2 rings (SSSR count). The van der Waals surface area contributed by atoms with Crippen molar-refractivity contribution in [3.63, 3.8) is 0 Å². The number of hydrogen-bond donors (Lipinski definition) is 1. The van der Waals surface area contributed by atoms with E-state index in [-0.39, 0.29) is 6.10 Å². The third kappa shape index (κ3) is 2.94. The highest BCUT2D eigenvalue weighted by molar-refractivity contribution is 5.47. The van der Waals surface area contributed by atoms with E-state index in [0.717, 1.165) is 37.4 Å². The van der Waals surface area contributed by atoms with Crippen LogP contribution in [-0.4, -0.2) is 44.8 Å². The Kier molecular flexibility index (Phi) is 4.44. The molecule has 0 atom stereocenters. The van der Waals surface area contributed by atoms with E-state index in [0.29, 0.717) is 6.54 Å². The van der Waals surface area contributed by atoms with Crippen LogP contribution in [0.5, 0.6) is 11.5 Å². The van der Waals surface area contributed by atoms with Crippen LogP contribution in [0.25, 0.3) is 0 Å². The first-order chi connectivity index (χ1) is 8.74. The van der Waals surface area contributed by atoms with Gasteiger partial charge in [0.2, 0.25) is 0 Å². The number of para-hydroxylation sites is 1. The number of likely N-dealkylation sites (N-methyl/N-ethyl adjacent to an activating group) is 1. The zero-order valence-electron chi connectivity index (χ0n) is 11.2. The molecule has 18 heavy (non-hydrogen) atoms. The van der Waals surface area contributed by atoms with E-state index >= 15 is 0 Å². The zero-order valence-corrected chi connectivity index (χ0v) is 11.2. The SMILES string of the molecule is COc1cccc(CCCN)c1OC1CN(C)C1. The Balaban J connectivity index is 2.12. The summed E-state index contributed by atoms with van der Waals surface area (Å²) < 4.78 is 11.5. The number of hydrogen-bond acceptors (Lipinski definition) is 4. The van der Waals surface area contributed by atoms with Crippen molar-refractivity contribution in [3.8, 4) is 11.5 Å². The molecule has 1 aliphatic rings. The molecule has 0 unspecified atom stereocenters. The molecule has 0 bridgehead atoms. The largest absolute Gasteiger partial charge is 0.493 e. The van der Waals surface area contributed by atoms with E-state index in [1.807, 2.05) is 12.1 Å². The summed E-state index contributed by atoms with van der Waals surface area (Å²) >= 11 is 0. The second-order valence-corrected chi connectivity index (χ2v) is 4.80. The molecule has 1 aliphatic heterocycles. The lowest BCUT2D eigenvalue weighted by Crippen LogP contribution is -2.51. The molecule has 1 heterocycles. The minimum absolute atomic E-state index is 0.280. The molecule has 0 radical (unpaired) electrons. The average Bonchev–Trinajstić information content (AvgIpc) is 2.35. The summed E-state index contributed by atoms with van der Waals surface area (Å²) in [6.45, 7) is 2.66. The second kappa shape index (κ2) is 6.07. The average molecular weight is 250 g/mol. The van der Waals surface area contributed by atoms with Crippen molar-refractivity contribution in [2.45, 2.75) is 18.9 Å². The summed E-state index contributed by atoms with van der Waals surface area (Å²) in [5, 5.41) is 0. The molecule has 0 spiro atoms. The highest BCUT2D eigenvalue weighted by atomic mass is 16.5. The molecular formula is C14H22N2O2. The van der Waals surface area contributed by atoms with Gasteiger partial charge in [-0.25, -0.2) is 0 Å². The number of nitrogens with zero attached hydrogens (tertiary/aromatic N) is 1. The summed E-state index contributed by atoms with van der Waals surface area (Å²) in [4.78, 5) is 2.24. The summed E-state index contributed by atoms with van der Waals surface area (Å²) in [6, 6.07) is 6.05. The predicted molar refractivity (Wildman–Crippen MR) is 72.3 cm³/mol. The lowest BCUT2D eigenvalue weighted by molar-refractivity contribution is 0.0362. The molecule has 1 aromatic rings. The van der Waals surface area contributed by atoms with Gasteiger partial charge in [-0.05, 0) is 38.1 Å². The first-order valence-corrected chi connectivity index (χ1v) is 6.45. The van der Waals surface area contributed by atoms with Crippen LogP contribution in [-0.2, 0) is 6.42 Å². The van der Waals surface area contributed by atoms with Gasteiger partial charge in [-0.15, -0.1) is 0 Å². The van der Waals surface area contributed by atoms with Gasteiger partial charge in [-0.3, -0.25) is 4.90 Å². The summed E-state index contributed by atoms with van der Waals surface area (Å²) in [7, 11) is 3.78. The number of likely N-dealkylation sites (tertiary alicyclic amines) is 1. The number of ether oxygens (including phenoxy) is 2. The molecule has 100 valence electrons. The standard InChI is InChI=1S/C14H22N2O2/c1-16-9-12(10-16)18-14-11(6-4-8-15)5-3-7-13(14)17-2/h3,5,7,12H,4,6,8-10,15H2,1-2H3. The fraction of sp³-hybridized carbons (Fsp3) is 0.571. The van der Waals surface area contributed by atoms with E-state index in [9.17, 15) is 0 Å². The summed E-state index contributed by atoms with van der Waals surface area (Å²) in [5.41, 5.74) is 6.76. The van der Waals surface area contributed by atoms with Crippen molar-refractivity contribution >= 4 is 0 Å². The van der Waals surface area contributed by atoms with Crippen LogP contribution in [0, 0.1) is 0 Å². The summed E-state index contributed by atoms with van der Waals surface area (Å²) in [6.07, 6.45) is 2.18. The molecule has 2 N–H and O–H groups in total. The van der Waals surface area contributed by atoms with Crippen LogP contribution < -0.4 is 15.2 Å².